The molecule has 0 aliphatic carbocycles. The molecule has 1 saturated heterocycles. The molecule has 114 valence electrons. The lowest BCUT2D eigenvalue weighted by Gasteiger charge is -2.16. The predicted molar refractivity (Wildman–Crippen MR) is 74.8 cm³/mol. The number of nitrogens with zero attached hydrogens (tertiary/aromatic N) is 1. The number of aliphatic hydroxyl groups is 1. The number of halogens is 1. The topological polar surface area (TPSA) is 69.6 Å². The molecule has 0 aromatic heterocycles. The number of hydrogen-bond donors (Lipinski definition) is 2. The van der Waals surface area contributed by atoms with Crippen LogP contribution in [0.2, 0.25) is 0 Å². The van der Waals surface area contributed by atoms with Gasteiger partial charge in [-0.15, -0.1) is 0 Å². The standard InChI is InChI=1S/C15H19FN2O3/c1-17-15(21)13-8-18(7-11(13)9-19)14(20)6-10-2-4-12(16)5-3-10/h2-5,11,13,19H,6-9H2,1H3,(H,17,21)/t11-,13+/m0/s1. The number of aliphatic hydroxyl groups excluding tert-OH is 1. The zero-order valence-corrected chi connectivity index (χ0v) is 11.9. The summed E-state index contributed by atoms with van der Waals surface area (Å²) in [5, 5.41) is 11.9. The van der Waals surface area contributed by atoms with Gasteiger partial charge in [0.1, 0.15) is 5.82 Å². The molecule has 2 amide bonds. The van der Waals surface area contributed by atoms with Crippen molar-refractivity contribution < 1.29 is 19.1 Å². The molecule has 0 unspecified atom stereocenters. The zero-order chi connectivity index (χ0) is 15.4. The Bertz CT molecular complexity index is 518. The third-order valence-electron chi connectivity index (χ3n) is 3.88. The normalized spacial score (nSPS) is 21.4. The molecule has 1 fully saturated rings. The number of carbonyl (C=O) groups is 2. The number of benzene rings is 1. The maximum absolute atomic E-state index is 12.8. The summed E-state index contributed by atoms with van der Waals surface area (Å²) in [7, 11) is 1.54. The van der Waals surface area contributed by atoms with Crippen LogP contribution in [0.5, 0.6) is 0 Å². The smallest absolute Gasteiger partial charge is 0.227 e. The van der Waals surface area contributed by atoms with Gasteiger partial charge in [-0.05, 0) is 17.7 Å². The van der Waals surface area contributed by atoms with Crippen LogP contribution in [0.4, 0.5) is 4.39 Å². The largest absolute Gasteiger partial charge is 0.396 e. The van der Waals surface area contributed by atoms with Crippen LogP contribution in [-0.4, -0.2) is 48.6 Å². The van der Waals surface area contributed by atoms with Crippen LogP contribution < -0.4 is 5.32 Å². The van der Waals surface area contributed by atoms with Crippen molar-refractivity contribution in [1.82, 2.24) is 10.2 Å². The van der Waals surface area contributed by atoms with Crippen LogP contribution in [0.1, 0.15) is 5.56 Å². The van der Waals surface area contributed by atoms with Crippen molar-refractivity contribution in [2.45, 2.75) is 6.42 Å². The minimum atomic E-state index is -0.378. The van der Waals surface area contributed by atoms with Gasteiger partial charge < -0.3 is 15.3 Å². The quantitative estimate of drug-likeness (QED) is 0.832. The Morgan fingerprint density at radius 2 is 2.00 bits per heavy atom. The SMILES string of the molecule is CNC(=O)[C@@H]1CN(C(=O)Cc2ccc(F)cc2)C[C@H]1CO. The predicted octanol–water partition coefficient (Wildman–Crippen LogP) is 0.181. The molecule has 1 aromatic rings. The molecular formula is C15H19FN2O3. The second-order valence-electron chi connectivity index (χ2n) is 5.27. The van der Waals surface area contributed by atoms with Crippen molar-refractivity contribution in [1.29, 1.82) is 0 Å². The number of rotatable bonds is 4. The molecule has 0 radical (unpaired) electrons. The van der Waals surface area contributed by atoms with Gasteiger partial charge in [0, 0.05) is 32.7 Å². The Balaban J connectivity index is 2.00. The molecule has 2 atom stereocenters. The summed E-state index contributed by atoms with van der Waals surface area (Å²) in [4.78, 5) is 25.6. The molecule has 1 aliphatic heterocycles. The van der Waals surface area contributed by atoms with Gasteiger partial charge in [0.15, 0.2) is 0 Å². The van der Waals surface area contributed by atoms with Crippen molar-refractivity contribution in [3.05, 3.63) is 35.6 Å². The molecule has 1 heterocycles. The third-order valence-corrected chi connectivity index (χ3v) is 3.88. The molecular weight excluding hydrogens is 275 g/mol. The Hall–Kier alpha value is -1.95. The van der Waals surface area contributed by atoms with E-state index in [9.17, 15) is 19.1 Å². The van der Waals surface area contributed by atoms with Gasteiger partial charge in [0.05, 0.1) is 12.3 Å². The van der Waals surface area contributed by atoms with E-state index in [0.29, 0.717) is 13.1 Å². The van der Waals surface area contributed by atoms with E-state index in [1.807, 2.05) is 0 Å². The molecule has 1 aromatic carbocycles. The summed E-state index contributed by atoms with van der Waals surface area (Å²) in [6.45, 7) is 0.554. The van der Waals surface area contributed by atoms with Crippen molar-refractivity contribution in [2.24, 2.45) is 11.8 Å². The summed E-state index contributed by atoms with van der Waals surface area (Å²) in [6.07, 6.45) is 0.166. The molecule has 0 spiro atoms. The van der Waals surface area contributed by atoms with Gasteiger partial charge in [-0.1, -0.05) is 12.1 Å². The highest BCUT2D eigenvalue weighted by molar-refractivity contribution is 5.83. The molecule has 2 N–H and O–H groups in total. The summed E-state index contributed by atoms with van der Waals surface area (Å²) in [5.41, 5.74) is 0.727. The van der Waals surface area contributed by atoms with Gasteiger partial charge in [-0.25, -0.2) is 4.39 Å². The maximum Gasteiger partial charge on any atom is 0.227 e. The summed E-state index contributed by atoms with van der Waals surface area (Å²) in [6, 6.07) is 5.78. The molecule has 1 aliphatic rings. The Labute approximate surface area is 122 Å². The lowest BCUT2D eigenvalue weighted by Crippen LogP contribution is -2.34. The van der Waals surface area contributed by atoms with E-state index in [1.54, 1.807) is 24.1 Å². The summed E-state index contributed by atoms with van der Waals surface area (Å²) in [5.74, 6) is -1.23. The fourth-order valence-corrected chi connectivity index (χ4v) is 2.63. The first-order valence-electron chi connectivity index (χ1n) is 6.89. The maximum atomic E-state index is 12.8. The molecule has 0 saturated carbocycles. The Morgan fingerprint density at radius 1 is 1.33 bits per heavy atom. The zero-order valence-electron chi connectivity index (χ0n) is 11.9. The second kappa shape index (κ2) is 6.67. The van der Waals surface area contributed by atoms with Gasteiger partial charge in [-0.2, -0.15) is 0 Å². The average molecular weight is 294 g/mol. The highest BCUT2D eigenvalue weighted by Gasteiger charge is 2.38. The van der Waals surface area contributed by atoms with Crippen molar-refractivity contribution >= 4 is 11.8 Å². The monoisotopic (exact) mass is 294 g/mol. The second-order valence-corrected chi connectivity index (χ2v) is 5.27. The molecule has 0 bridgehead atoms. The van der Waals surface area contributed by atoms with Gasteiger partial charge >= 0.3 is 0 Å². The van der Waals surface area contributed by atoms with Crippen molar-refractivity contribution in [3.63, 3.8) is 0 Å². The number of carbonyl (C=O) groups excluding carboxylic acids is 2. The molecule has 21 heavy (non-hydrogen) atoms. The van der Waals surface area contributed by atoms with E-state index in [-0.39, 0.29) is 42.5 Å². The van der Waals surface area contributed by atoms with E-state index >= 15 is 0 Å². The highest BCUT2D eigenvalue weighted by atomic mass is 19.1. The van der Waals surface area contributed by atoms with Gasteiger partial charge in [0.2, 0.25) is 11.8 Å². The van der Waals surface area contributed by atoms with Crippen molar-refractivity contribution in [3.8, 4) is 0 Å². The number of hydrogen-bond acceptors (Lipinski definition) is 3. The lowest BCUT2D eigenvalue weighted by atomic mass is 9.96. The van der Waals surface area contributed by atoms with E-state index in [4.69, 9.17) is 0 Å². The molecule has 2 rings (SSSR count). The fourth-order valence-electron chi connectivity index (χ4n) is 2.63. The first-order chi connectivity index (χ1) is 10.0. The summed E-state index contributed by atoms with van der Waals surface area (Å²) < 4.78 is 12.8. The van der Waals surface area contributed by atoms with Gasteiger partial charge in [0.25, 0.3) is 0 Å². The van der Waals surface area contributed by atoms with Crippen LogP contribution in [0.25, 0.3) is 0 Å². The first kappa shape index (κ1) is 15.4. The minimum absolute atomic E-state index is 0.119. The van der Waals surface area contributed by atoms with Crippen LogP contribution in [0, 0.1) is 17.7 Å². The first-order valence-corrected chi connectivity index (χ1v) is 6.89. The fraction of sp³-hybridized carbons (Fsp3) is 0.467. The minimum Gasteiger partial charge on any atom is -0.396 e. The Morgan fingerprint density at radius 3 is 2.57 bits per heavy atom. The van der Waals surface area contributed by atoms with Crippen LogP contribution in [0.15, 0.2) is 24.3 Å². The van der Waals surface area contributed by atoms with Crippen molar-refractivity contribution in [2.75, 3.05) is 26.7 Å². The summed E-state index contributed by atoms with van der Waals surface area (Å²) >= 11 is 0. The number of amides is 2. The van der Waals surface area contributed by atoms with E-state index in [2.05, 4.69) is 5.32 Å². The van der Waals surface area contributed by atoms with Crippen LogP contribution in [-0.2, 0) is 16.0 Å². The van der Waals surface area contributed by atoms with E-state index in [1.165, 1.54) is 12.1 Å². The van der Waals surface area contributed by atoms with E-state index < -0.39 is 0 Å². The Kier molecular flexibility index (Phi) is 4.90. The molecule has 6 heteroatoms. The van der Waals surface area contributed by atoms with Gasteiger partial charge in [-0.3, -0.25) is 9.59 Å². The number of nitrogens with one attached hydrogen (secondary N) is 1. The third kappa shape index (κ3) is 3.58. The highest BCUT2D eigenvalue weighted by Crippen LogP contribution is 2.24. The van der Waals surface area contributed by atoms with Crippen LogP contribution >= 0.6 is 0 Å². The molecule has 5 nitrogen and oxygen atoms in total. The van der Waals surface area contributed by atoms with Crippen LogP contribution in [0.3, 0.4) is 0 Å². The average Bonchev–Trinajstić information content (AvgIpc) is 2.93. The van der Waals surface area contributed by atoms with E-state index in [0.717, 1.165) is 5.56 Å². The lowest BCUT2D eigenvalue weighted by molar-refractivity contribution is -0.130. The number of likely N-dealkylation sites (tertiary alicyclic amines) is 1.